The number of hydrogen-bond donors (Lipinski definition) is 1. The minimum absolute atomic E-state index is 0.594. The summed E-state index contributed by atoms with van der Waals surface area (Å²) >= 11 is 0. The molecule has 2 rings (SSSR count). The third-order valence-corrected chi connectivity index (χ3v) is 5.63. The fraction of sp³-hybridized carbons (Fsp3) is 1.00. The van der Waals surface area contributed by atoms with Gasteiger partial charge in [-0.15, -0.1) is 0 Å². The summed E-state index contributed by atoms with van der Waals surface area (Å²) in [5.74, 6) is 2.97. The highest BCUT2D eigenvalue weighted by molar-refractivity contribution is 4.90. The molecule has 2 saturated carbocycles. The number of rotatable bonds is 4. The van der Waals surface area contributed by atoms with Crippen molar-refractivity contribution < 1.29 is 0 Å². The Morgan fingerprint density at radius 3 is 2.37 bits per heavy atom. The molecular weight excluding hydrogens is 230 g/mol. The SMILES string of the molecule is CC(C)NCC1CCC(C)(C)CC1C1CCCCC1. The molecule has 0 saturated heterocycles. The molecule has 2 fully saturated rings. The van der Waals surface area contributed by atoms with Gasteiger partial charge in [-0.05, 0) is 49.0 Å². The average molecular weight is 265 g/mol. The van der Waals surface area contributed by atoms with Crippen molar-refractivity contribution >= 4 is 0 Å². The molecule has 0 spiro atoms. The molecule has 0 aromatic rings. The van der Waals surface area contributed by atoms with Crippen molar-refractivity contribution in [3.8, 4) is 0 Å². The summed E-state index contributed by atoms with van der Waals surface area (Å²) in [7, 11) is 0. The molecule has 0 aliphatic heterocycles. The van der Waals surface area contributed by atoms with E-state index in [2.05, 4.69) is 33.0 Å². The molecule has 112 valence electrons. The van der Waals surface area contributed by atoms with Crippen molar-refractivity contribution in [1.82, 2.24) is 5.32 Å². The number of nitrogens with one attached hydrogen (secondary N) is 1. The Kier molecular flexibility index (Phi) is 5.34. The van der Waals surface area contributed by atoms with E-state index < -0.39 is 0 Å². The predicted octanol–water partition coefficient (Wildman–Crippen LogP) is 5.01. The molecule has 0 aromatic carbocycles. The molecule has 0 heterocycles. The lowest BCUT2D eigenvalue weighted by Crippen LogP contribution is -2.41. The monoisotopic (exact) mass is 265 g/mol. The van der Waals surface area contributed by atoms with E-state index in [0.717, 1.165) is 17.8 Å². The zero-order chi connectivity index (χ0) is 13.9. The van der Waals surface area contributed by atoms with Crippen LogP contribution in [0.25, 0.3) is 0 Å². The summed E-state index contributed by atoms with van der Waals surface area (Å²) < 4.78 is 0. The highest BCUT2D eigenvalue weighted by atomic mass is 14.9. The third-order valence-electron chi connectivity index (χ3n) is 5.63. The van der Waals surface area contributed by atoms with Crippen LogP contribution in [-0.4, -0.2) is 12.6 Å². The second-order valence-electron chi connectivity index (χ2n) is 8.29. The molecule has 2 unspecified atom stereocenters. The number of hydrogen-bond acceptors (Lipinski definition) is 1. The van der Waals surface area contributed by atoms with Crippen LogP contribution in [-0.2, 0) is 0 Å². The lowest BCUT2D eigenvalue weighted by atomic mass is 9.61. The molecule has 1 N–H and O–H groups in total. The van der Waals surface area contributed by atoms with E-state index in [1.807, 2.05) is 0 Å². The van der Waals surface area contributed by atoms with Gasteiger partial charge in [0.25, 0.3) is 0 Å². The van der Waals surface area contributed by atoms with Crippen molar-refractivity contribution in [1.29, 1.82) is 0 Å². The summed E-state index contributed by atoms with van der Waals surface area (Å²) in [6.07, 6.45) is 11.9. The summed E-state index contributed by atoms with van der Waals surface area (Å²) in [5.41, 5.74) is 0.594. The summed E-state index contributed by atoms with van der Waals surface area (Å²) in [6, 6.07) is 0.641. The molecule has 2 atom stereocenters. The molecule has 1 nitrogen and oxygen atoms in total. The Morgan fingerprint density at radius 1 is 1.05 bits per heavy atom. The van der Waals surface area contributed by atoms with Crippen molar-refractivity contribution in [3.63, 3.8) is 0 Å². The fourth-order valence-corrected chi connectivity index (χ4v) is 4.45. The molecule has 2 aliphatic carbocycles. The highest BCUT2D eigenvalue weighted by Gasteiger charge is 2.38. The lowest BCUT2D eigenvalue weighted by Gasteiger charge is -2.45. The van der Waals surface area contributed by atoms with Crippen molar-refractivity contribution in [2.75, 3.05) is 6.54 Å². The first-order valence-electron chi connectivity index (χ1n) is 8.71. The molecule has 2 aliphatic rings. The van der Waals surface area contributed by atoms with Crippen LogP contribution in [0.1, 0.15) is 79.1 Å². The quantitative estimate of drug-likeness (QED) is 0.753. The van der Waals surface area contributed by atoms with Crippen LogP contribution in [0.15, 0.2) is 0 Å². The van der Waals surface area contributed by atoms with E-state index in [9.17, 15) is 0 Å². The summed E-state index contributed by atoms with van der Waals surface area (Å²) in [5, 5.41) is 3.71. The first-order valence-corrected chi connectivity index (χ1v) is 8.71. The van der Waals surface area contributed by atoms with Crippen molar-refractivity contribution in [2.45, 2.75) is 85.1 Å². The van der Waals surface area contributed by atoms with Gasteiger partial charge >= 0.3 is 0 Å². The predicted molar refractivity (Wildman–Crippen MR) is 84.3 cm³/mol. The highest BCUT2D eigenvalue weighted by Crippen LogP contribution is 2.47. The van der Waals surface area contributed by atoms with E-state index in [1.165, 1.54) is 57.9 Å². The molecule has 1 heteroatoms. The van der Waals surface area contributed by atoms with Gasteiger partial charge in [-0.1, -0.05) is 59.8 Å². The van der Waals surface area contributed by atoms with E-state index in [-0.39, 0.29) is 0 Å². The maximum absolute atomic E-state index is 3.71. The first-order chi connectivity index (χ1) is 8.98. The van der Waals surface area contributed by atoms with E-state index in [0.29, 0.717) is 11.5 Å². The maximum atomic E-state index is 3.71. The Bertz CT molecular complexity index is 261. The average Bonchev–Trinajstić information content (AvgIpc) is 2.37. The van der Waals surface area contributed by atoms with E-state index in [4.69, 9.17) is 0 Å². The Morgan fingerprint density at radius 2 is 1.74 bits per heavy atom. The van der Waals surface area contributed by atoms with Crippen LogP contribution in [0.4, 0.5) is 0 Å². The zero-order valence-corrected chi connectivity index (χ0v) is 13.7. The molecule has 0 radical (unpaired) electrons. The van der Waals surface area contributed by atoms with Gasteiger partial charge in [0.15, 0.2) is 0 Å². The second-order valence-corrected chi connectivity index (χ2v) is 8.29. The zero-order valence-electron chi connectivity index (χ0n) is 13.7. The van der Waals surface area contributed by atoms with E-state index in [1.54, 1.807) is 0 Å². The van der Waals surface area contributed by atoms with Crippen LogP contribution in [0, 0.1) is 23.2 Å². The van der Waals surface area contributed by atoms with Gasteiger partial charge < -0.3 is 5.32 Å². The summed E-state index contributed by atoms with van der Waals surface area (Å²) in [4.78, 5) is 0. The maximum Gasteiger partial charge on any atom is 0.00104 e. The Labute approximate surface area is 120 Å². The minimum Gasteiger partial charge on any atom is -0.314 e. The summed E-state index contributed by atoms with van der Waals surface area (Å²) in [6.45, 7) is 10.8. The molecule has 19 heavy (non-hydrogen) atoms. The van der Waals surface area contributed by atoms with Crippen LogP contribution >= 0.6 is 0 Å². The largest absolute Gasteiger partial charge is 0.314 e. The van der Waals surface area contributed by atoms with Gasteiger partial charge in [-0.3, -0.25) is 0 Å². The minimum atomic E-state index is 0.594. The van der Waals surface area contributed by atoms with Gasteiger partial charge in [0.2, 0.25) is 0 Å². The van der Waals surface area contributed by atoms with Crippen LogP contribution in [0.3, 0.4) is 0 Å². The Balaban J connectivity index is 1.98. The first kappa shape index (κ1) is 15.4. The van der Waals surface area contributed by atoms with Crippen LogP contribution < -0.4 is 5.32 Å². The molecule has 0 bridgehead atoms. The van der Waals surface area contributed by atoms with Crippen LogP contribution in [0.2, 0.25) is 0 Å². The van der Waals surface area contributed by atoms with Gasteiger partial charge in [0, 0.05) is 6.04 Å². The fourth-order valence-electron chi connectivity index (χ4n) is 4.45. The van der Waals surface area contributed by atoms with Gasteiger partial charge in [-0.2, -0.15) is 0 Å². The Hall–Kier alpha value is -0.0400. The van der Waals surface area contributed by atoms with Gasteiger partial charge in [-0.25, -0.2) is 0 Å². The second kappa shape index (κ2) is 6.61. The third kappa shape index (κ3) is 4.48. The topological polar surface area (TPSA) is 12.0 Å². The van der Waals surface area contributed by atoms with Gasteiger partial charge in [0.05, 0.1) is 0 Å². The smallest absolute Gasteiger partial charge is 0.00104 e. The van der Waals surface area contributed by atoms with Gasteiger partial charge in [0.1, 0.15) is 0 Å². The molecular formula is C18H35N. The van der Waals surface area contributed by atoms with Crippen molar-refractivity contribution in [2.24, 2.45) is 23.2 Å². The van der Waals surface area contributed by atoms with E-state index >= 15 is 0 Å². The standard InChI is InChI=1S/C18H35N/c1-14(2)19-13-16-10-11-18(3,4)12-17(16)15-8-6-5-7-9-15/h14-17,19H,5-13H2,1-4H3. The molecule has 0 aromatic heterocycles. The van der Waals surface area contributed by atoms with Crippen LogP contribution in [0.5, 0.6) is 0 Å². The normalized spacial score (nSPS) is 32.7. The van der Waals surface area contributed by atoms with Crippen molar-refractivity contribution in [3.05, 3.63) is 0 Å². The lowest BCUT2D eigenvalue weighted by molar-refractivity contribution is 0.0567. The molecule has 0 amide bonds.